The molecule has 0 amide bonds. The molecule has 2 heterocycles. The molecule has 0 fully saturated rings. The Balaban J connectivity index is 2.37. The number of nitrogens with zero attached hydrogens (tertiary/aromatic N) is 3. The van der Waals surface area contributed by atoms with Crippen molar-refractivity contribution in [2.24, 2.45) is 7.05 Å². The van der Waals surface area contributed by atoms with Crippen molar-refractivity contribution in [1.82, 2.24) is 9.78 Å². The number of hydrogen-bond donors (Lipinski definition) is 1. The fourth-order valence-electron chi connectivity index (χ4n) is 1.55. The summed E-state index contributed by atoms with van der Waals surface area (Å²) in [7, 11) is 1.62. The normalized spacial score (nSPS) is 10.6. The zero-order valence-corrected chi connectivity index (χ0v) is 11.6. The number of aromatic carboxylic acids is 1. The van der Waals surface area contributed by atoms with Crippen LogP contribution in [0.2, 0.25) is 0 Å². The van der Waals surface area contributed by atoms with Crippen LogP contribution in [0.25, 0.3) is 0 Å². The van der Waals surface area contributed by atoms with Crippen LogP contribution in [0.3, 0.4) is 0 Å². The maximum atomic E-state index is 11.0. The van der Waals surface area contributed by atoms with Gasteiger partial charge in [-0.05, 0) is 13.0 Å². The molecular weight excluding hydrogens is 290 g/mol. The maximum absolute atomic E-state index is 11.0. The number of thiophene rings is 1. The van der Waals surface area contributed by atoms with Gasteiger partial charge in [-0.2, -0.15) is 5.10 Å². The summed E-state index contributed by atoms with van der Waals surface area (Å²) < 4.78 is 1.43. The highest BCUT2D eigenvalue weighted by Crippen LogP contribution is 2.38. The molecule has 2 aromatic rings. The molecule has 100 valence electrons. The van der Waals surface area contributed by atoms with Crippen molar-refractivity contribution in [3.63, 3.8) is 0 Å². The third kappa shape index (κ3) is 2.61. The van der Waals surface area contributed by atoms with Gasteiger partial charge in [0.1, 0.15) is 10.6 Å². The number of carbonyl (C=O) groups is 1. The van der Waals surface area contributed by atoms with Gasteiger partial charge in [-0.1, -0.05) is 11.8 Å². The highest BCUT2D eigenvalue weighted by molar-refractivity contribution is 7.99. The number of aromatic nitrogens is 2. The minimum atomic E-state index is -1.01. The number of aryl methyl sites for hydroxylation is 2. The Bertz CT molecular complexity index is 662. The molecular formula is C10H9N3O4S2. The number of carboxylic acids is 1. The first-order chi connectivity index (χ1) is 8.90. The standard InChI is InChI=1S/C10H9N3O4S2/c1-5-8(13(16)17)9(12(2)11-5)19-6-3-7(10(14)15)18-4-6/h3-4H,1-2H3,(H,14,15). The van der Waals surface area contributed by atoms with Crippen LogP contribution in [0.5, 0.6) is 0 Å². The zero-order valence-electron chi connectivity index (χ0n) is 9.98. The molecule has 1 N–H and O–H groups in total. The Morgan fingerprint density at radius 2 is 2.32 bits per heavy atom. The second-order valence-electron chi connectivity index (χ2n) is 3.67. The fourth-order valence-corrected chi connectivity index (χ4v) is 3.46. The molecule has 0 saturated heterocycles. The van der Waals surface area contributed by atoms with E-state index in [9.17, 15) is 14.9 Å². The van der Waals surface area contributed by atoms with Crippen molar-refractivity contribution in [2.75, 3.05) is 0 Å². The van der Waals surface area contributed by atoms with E-state index in [0.717, 1.165) is 23.1 Å². The van der Waals surface area contributed by atoms with E-state index in [1.54, 1.807) is 19.4 Å². The van der Waals surface area contributed by atoms with Gasteiger partial charge in [0.25, 0.3) is 0 Å². The van der Waals surface area contributed by atoms with Crippen LogP contribution in [0.1, 0.15) is 15.4 Å². The molecule has 0 radical (unpaired) electrons. The molecule has 2 aromatic heterocycles. The monoisotopic (exact) mass is 299 g/mol. The fraction of sp³-hybridized carbons (Fsp3) is 0.200. The Labute approximate surface area is 116 Å². The summed E-state index contributed by atoms with van der Waals surface area (Å²) in [5.41, 5.74) is 0.291. The van der Waals surface area contributed by atoms with Crippen LogP contribution in [0, 0.1) is 17.0 Å². The van der Waals surface area contributed by atoms with Gasteiger partial charge in [0.2, 0.25) is 0 Å². The van der Waals surface area contributed by atoms with Gasteiger partial charge in [-0.25, -0.2) is 4.79 Å². The molecule has 0 aliphatic carbocycles. The zero-order chi connectivity index (χ0) is 14.2. The molecule has 0 bridgehead atoms. The van der Waals surface area contributed by atoms with Crippen molar-refractivity contribution in [2.45, 2.75) is 16.8 Å². The Kier molecular flexibility index (Phi) is 3.58. The van der Waals surface area contributed by atoms with Crippen LogP contribution in [0.15, 0.2) is 21.4 Å². The molecule has 0 spiro atoms. The summed E-state index contributed by atoms with van der Waals surface area (Å²) in [5, 5.41) is 25.9. The number of rotatable bonds is 4. The van der Waals surface area contributed by atoms with E-state index < -0.39 is 10.9 Å². The van der Waals surface area contributed by atoms with E-state index in [-0.39, 0.29) is 10.6 Å². The first kappa shape index (κ1) is 13.6. The van der Waals surface area contributed by atoms with Crippen molar-refractivity contribution in [3.05, 3.63) is 32.1 Å². The summed E-state index contributed by atoms with van der Waals surface area (Å²) in [4.78, 5) is 22.2. The topological polar surface area (TPSA) is 98.3 Å². The molecule has 0 aliphatic heterocycles. The number of hydrogen-bond acceptors (Lipinski definition) is 6. The van der Waals surface area contributed by atoms with E-state index in [4.69, 9.17) is 5.11 Å². The van der Waals surface area contributed by atoms with Crippen LogP contribution < -0.4 is 0 Å². The van der Waals surface area contributed by atoms with Gasteiger partial charge in [0.15, 0.2) is 5.03 Å². The van der Waals surface area contributed by atoms with Crippen molar-refractivity contribution < 1.29 is 14.8 Å². The average molecular weight is 299 g/mol. The predicted molar refractivity (Wildman–Crippen MR) is 70.0 cm³/mol. The first-order valence-corrected chi connectivity index (χ1v) is 6.77. The highest BCUT2D eigenvalue weighted by atomic mass is 32.2. The molecule has 9 heteroatoms. The van der Waals surface area contributed by atoms with Crippen LogP contribution in [-0.4, -0.2) is 25.8 Å². The van der Waals surface area contributed by atoms with E-state index in [2.05, 4.69) is 5.10 Å². The molecule has 0 aromatic carbocycles. The van der Waals surface area contributed by atoms with Crippen LogP contribution in [-0.2, 0) is 7.05 Å². The van der Waals surface area contributed by atoms with Crippen LogP contribution in [0.4, 0.5) is 5.69 Å². The molecule has 2 rings (SSSR count). The van der Waals surface area contributed by atoms with Crippen molar-refractivity contribution >= 4 is 34.8 Å². The minimum Gasteiger partial charge on any atom is -0.477 e. The Hall–Kier alpha value is -1.87. The van der Waals surface area contributed by atoms with E-state index >= 15 is 0 Å². The van der Waals surface area contributed by atoms with Crippen LogP contribution >= 0.6 is 23.1 Å². The molecule has 0 atom stereocenters. The lowest BCUT2D eigenvalue weighted by molar-refractivity contribution is -0.388. The van der Waals surface area contributed by atoms with Gasteiger partial charge < -0.3 is 5.11 Å². The van der Waals surface area contributed by atoms with E-state index in [0.29, 0.717) is 15.6 Å². The smallest absolute Gasteiger partial charge is 0.345 e. The summed E-state index contributed by atoms with van der Waals surface area (Å²) in [6.07, 6.45) is 0. The van der Waals surface area contributed by atoms with Crippen molar-refractivity contribution in [3.8, 4) is 0 Å². The van der Waals surface area contributed by atoms with Gasteiger partial charge in [0.05, 0.1) is 4.92 Å². The summed E-state index contributed by atoms with van der Waals surface area (Å²) in [5.74, 6) is -1.01. The maximum Gasteiger partial charge on any atom is 0.345 e. The molecule has 19 heavy (non-hydrogen) atoms. The first-order valence-electron chi connectivity index (χ1n) is 5.08. The summed E-state index contributed by atoms with van der Waals surface area (Å²) >= 11 is 2.22. The third-order valence-corrected chi connectivity index (χ3v) is 4.51. The van der Waals surface area contributed by atoms with E-state index in [1.165, 1.54) is 10.7 Å². The lowest BCUT2D eigenvalue weighted by Gasteiger charge is -1.98. The quantitative estimate of drug-likeness (QED) is 0.688. The molecule has 0 saturated carbocycles. The SMILES string of the molecule is Cc1nn(C)c(Sc2csc(C(=O)O)c2)c1[N+](=O)[O-]. The second kappa shape index (κ2) is 5.02. The third-order valence-electron chi connectivity index (χ3n) is 2.32. The summed E-state index contributed by atoms with van der Waals surface area (Å²) in [6.45, 7) is 1.57. The molecule has 7 nitrogen and oxygen atoms in total. The number of carboxylic acid groups (broad SMARTS) is 1. The lowest BCUT2D eigenvalue weighted by Crippen LogP contribution is -1.94. The largest absolute Gasteiger partial charge is 0.477 e. The molecule has 0 aliphatic rings. The van der Waals surface area contributed by atoms with Gasteiger partial charge in [-0.3, -0.25) is 14.8 Å². The molecule has 0 unspecified atom stereocenters. The van der Waals surface area contributed by atoms with Gasteiger partial charge >= 0.3 is 11.7 Å². The highest BCUT2D eigenvalue weighted by Gasteiger charge is 2.25. The Morgan fingerprint density at radius 1 is 1.63 bits per heavy atom. The lowest BCUT2D eigenvalue weighted by atomic mass is 10.4. The second-order valence-corrected chi connectivity index (χ2v) is 5.65. The van der Waals surface area contributed by atoms with Gasteiger partial charge in [-0.15, -0.1) is 11.3 Å². The van der Waals surface area contributed by atoms with Crippen molar-refractivity contribution in [1.29, 1.82) is 0 Å². The average Bonchev–Trinajstić information content (AvgIpc) is 2.85. The minimum absolute atomic E-state index is 0.0458. The van der Waals surface area contributed by atoms with E-state index in [1.807, 2.05) is 0 Å². The Morgan fingerprint density at radius 3 is 2.84 bits per heavy atom. The summed E-state index contributed by atoms with van der Waals surface area (Å²) in [6, 6.07) is 1.49. The number of nitro groups is 1. The van der Waals surface area contributed by atoms with Gasteiger partial charge in [0, 0.05) is 17.3 Å². The predicted octanol–water partition coefficient (Wildman–Crippen LogP) is 2.55.